The number of halogens is 1. The van der Waals surface area contributed by atoms with Crippen LogP contribution in [-0.4, -0.2) is 5.91 Å². The van der Waals surface area contributed by atoms with Crippen molar-refractivity contribution < 1.29 is 4.79 Å². The molecule has 2 aromatic carbocycles. The maximum Gasteiger partial charge on any atom is 0.269 e. The van der Waals surface area contributed by atoms with Gasteiger partial charge in [-0.3, -0.25) is 15.6 Å². The van der Waals surface area contributed by atoms with Crippen LogP contribution in [0.2, 0.25) is 0 Å². The summed E-state index contributed by atoms with van der Waals surface area (Å²) in [5.74, 6) is -0.148. The standard InChI is InChI=1S/C13H11IN2O/c14-11-8-6-10(7-9-11)13(17)16-15-12-4-2-1-3-5-12/h1-9,15H,(H,16,17). The van der Waals surface area contributed by atoms with Crippen LogP contribution in [0.4, 0.5) is 5.69 Å². The smallest absolute Gasteiger partial charge is 0.269 e. The molecular weight excluding hydrogens is 327 g/mol. The predicted octanol–water partition coefficient (Wildman–Crippen LogP) is 3.05. The average Bonchev–Trinajstić information content (AvgIpc) is 2.38. The molecule has 1 amide bonds. The fraction of sp³-hybridized carbons (Fsp3) is 0. The summed E-state index contributed by atoms with van der Waals surface area (Å²) < 4.78 is 1.11. The van der Waals surface area contributed by atoms with Crippen molar-refractivity contribution in [2.75, 3.05) is 5.43 Å². The summed E-state index contributed by atoms with van der Waals surface area (Å²) in [7, 11) is 0. The van der Waals surface area contributed by atoms with Crippen LogP contribution >= 0.6 is 22.6 Å². The van der Waals surface area contributed by atoms with Crippen LogP contribution in [0, 0.1) is 3.57 Å². The summed E-state index contributed by atoms with van der Waals surface area (Å²) >= 11 is 2.20. The van der Waals surface area contributed by atoms with E-state index in [0.29, 0.717) is 5.56 Å². The van der Waals surface area contributed by atoms with Crippen LogP contribution in [0.25, 0.3) is 0 Å². The molecule has 0 aliphatic heterocycles. The number of benzene rings is 2. The molecule has 0 saturated heterocycles. The van der Waals surface area contributed by atoms with E-state index >= 15 is 0 Å². The highest BCUT2D eigenvalue weighted by Gasteiger charge is 2.03. The van der Waals surface area contributed by atoms with E-state index in [0.717, 1.165) is 9.26 Å². The lowest BCUT2D eigenvalue weighted by atomic mass is 10.2. The molecule has 0 atom stereocenters. The number of anilines is 1. The summed E-state index contributed by atoms with van der Waals surface area (Å²) in [4.78, 5) is 11.8. The maximum atomic E-state index is 11.8. The maximum absolute atomic E-state index is 11.8. The Morgan fingerprint density at radius 1 is 0.941 bits per heavy atom. The van der Waals surface area contributed by atoms with Gasteiger partial charge in [-0.1, -0.05) is 18.2 Å². The number of hydrogen-bond donors (Lipinski definition) is 2. The molecule has 0 heterocycles. The first kappa shape index (κ1) is 11.9. The largest absolute Gasteiger partial charge is 0.298 e. The number of para-hydroxylation sites is 1. The Hall–Kier alpha value is -1.56. The number of hydrogen-bond acceptors (Lipinski definition) is 2. The van der Waals surface area contributed by atoms with Gasteiger partial charge in [-0.25, -0.2) is 0 Å². The van der Waals surface area contributed by atoms with Gasteiger partial charge < -0.3 is 0 Å². The molecule has 0 saturated carbocycles. The van der Waals surface area contributed by atoms with Crippen LogP contribution in [0.3, 0.4) is 0 Å². The zero-order valence-corrected chi connectivity index (χ0v) is 11.1. The van der Waals surface area contributed by atoms with E-state index in [4.69, 9.17) is 0 Å². The predicted molar refractivity (Wildman–Crippen MR) is 76.7 cm³/mol. The van der Waals surface area contributed by atoms with Gasteiger partial charge in [-0.2, -0.15) is 0 Å². The second-order valence-electron chi connectivity index (χ2n) is 3.45. The molecule has 0 aliphatic rings. The Morgan fingerprint density at radius 3 is 2.24 bits per heavy atom. The molecule has 0 fully saturated rings. The Labute approximate surface area is 113 Å². The molecule has 0 spiro atoms. The quantitative estimate of drug-likeness (QED) is 0.667. The normalized spacial score (nSPS) is 9.71. The van der Waals surface area contributed by atoms with Crippen molar-refractivity contribution in [1.29, 1.82) is 0 Å². The van der Waals surface area contributed by atoms with Gasteiger partial charge in [-0.15, -0.1) is 0 Å². The molecular formula is C13H11IN2O. The number of carbonyl (C=O) groups is 1. The minimum Gasteiger partial charge on any atom is -0.298 e. The van der Waals surface area contributed by atoms with Gasteiger partial charge in [0, 0.05) is 9.13 Å². The SMILES string of the molecule is O=C(NNc1ccccc1)c1ccc(I)cc1. The van der Waals surface area contributed by atoms with Crippen LogP contribution in [0.1, 0.15) is 10.4 Å². The molecule has 17 heavy (non-hydrogen) atoms. The van der Waals surface area contributed by atoms with Gasteiger partial charge in [0.2, 0.25) is 0 Å². The lowest BCUT2D eigenvalue weighted by molar-refractivity contribution is 0.0962. The van der Waals surface area contributed by atoms with Crippen LogP contribution in [0.5, 0.6) is 0 Å². The summed E-state index contributed by atoms with van der Waals surface area (Å²) in [5, 5.41) is 0. The molecule has 0 bridgehead atoms. The van der Waals surface area contributed by atoms with Crippen molar-refractivity contribution in [3.8, 4) is 0 Å². The summed E-state index contributed by atoms with van der Waals surface area (Å²) in [5.41, 5.74) is 6.99. The third-order valence-corrected chi connectivity index (χ3v) is 2.92. The van der Waals surface area contributed by atoms with Gasteiger partial charge in [0.1, 0.15) is 0 Å². The van der Waals surface area contributed by atoms with Crippen molar-refractivity contribution in [3.63, 3.8) is 0 Å². The Morgan fingerprint density at radius 2 is 1.59 bits per heavy atom. The molecule has 0 aliphatic carbocycles. The Kier molecular flexibility index (Phi) is 3.98. The van der Waals surface area contributed by atoms with E-state index in [-0.39, 0.29) is 5.91 Å². The lowest BCUT2D eigenvalue weighted by Gasteiger charge is -2.08. The van der Waals surface area contributed by atoms with E-state index in [1.165, 1.54) is 0 Å². The summed E-state index contributed by atoms with van der Waals surface area (Å²) in [6.45, 7) is 0. The highest BCUT2D eigenvalue weighted by Crippen LogP contribution is 2.07. The second-order valence-corrected chi connectivity index (χ2v) is 4.70. The molecule has 0 aromatic heterocycles. The number of carbonyl (C=O) groups excluding carboxylic acids is 1. The van der Waals surface area contributed by atoms with Crippen molar-refractivity contribution in [3.05, 3.63) is 63.7 Å². The van der Waals surface area contributed by atoms with Crippen LogP contribution < -0.4 is 10.9 Å². The minimum atomic E-state index is -0.148. The molecule has 86 valence electrons. The third-order valence-electron chi connectivity index (χ3n) is 2.20. The zero-order chi connectivity index (χ0) is 12.1. The first-order valence-corrected chi connectivity index (χ1v) is 6.20. The van der Waals surface area contributed by atoms with E-state index in [1.807, 2.05) is 42.5 Å². The molecule has 2 rings (SSSR count). The van der Waals surface area contributed by atoms with Crippen LogP contribution in [0.15, 0.2) is 54.6 Å². The van der Waals surface area contributed by atoms with E-state index < -0.39 is 0 Å². The topological polar surface area (TPSA) is 41.1 Å². The molecule has 2 aromatic rings. The van der Waals surface area contributed by atoms with Crippen molar-refractivity contribution in [1.82, 2.24) is 5.43 Å². The zero-order valence-electron chi connectivity index (χ0n) is 8.98. The summed E-state index contributed by atoms with van der Waals surface area (Å²) in [6, 6.07) is 16.9. The minimum absolute atomic E-state index is 0.148. The fourth-order valence-corrected chi connectivity index (χ4v) is 1.68. The molecule has 2 N–H and O–H groups in total. The number of nitrogens with one attached hydrogen (secondary N) is 2. The Balaban J connectivity index is 1.96. The highest BCUT2D eigenvalue weighted by molar-refractivity contribution is 14.1. The van der Waals surface area contributed by atoms with E-state index in [1.54, 1.807) is 12.1 Å². The molecule has 3 nitrogen and oxygen atoms in total. The van der Waals surface area contributed by atoms with Crippen LogP contribution in [-0.2, 0) is 0 Å². The summed E-state index contributed by atoms with van der Waals surface area (Å²) in [6.07, 6.45) is 0. The highest BCUT2D eigenvalue weighted by atomic mass is 127. The first-order chi connectivity index (χ1) is 8.25. The second kappa shape index (κ2) is 5.67. The lowest BCUT2D eigenvalue weighted by Crippen LogP contribution is -2.29. The van der Waals surface area contributed by atoms with E-state index in [2.05, 4.69) is 33.4 Å². The molecule has 4 heteroatoms. The number of hydrazine groups is 1. The first-order valence-electron chi connectivity index (χ1n) is 5.13. The Bertz CT molecular complexity index is 497. The molecule has 0 unspecified atom stereocenters. The fourth-order valence-electron chi connectivity index (χ4n) is 1.32. The van der Waals surface area contributed by atoms with Crippen molar-refractivity contribution in [2.24, 2.45) is 0 Å². The van der Waals surface area contributed by atoms with Gasteiger partial charge in [-0.05, 0) is 59.0 Å². The monoisotopic (exact) mass is 338 g/mol. The van der Waals surface area contributed by atoms with E-state index in [9.17, 15) is 4.79 Å². The third kappa shape index (κ3) is 3.45. The van der Waals surface area contributed by atoms with Gasteiger partial charge in [0.25, 0.3) is 5.91 Å². The van der Waals surface area contributed by atoms with Crippen molar-refractivity contribution >= 4 is 34.2 Å². The average molecular weight is 338 g/mol. The van der Waals surface area contributed by atoms with Crippen molar-refractivity contribution in [2.45, 2.75) is 0 Å². The number of amides is 1. The number of rotatable bonds is 3. The van der Waals surface area contributed by atoms with Gasteiger partial charge in [0.05, 0.1) is 5.69 Å². The van der Waals surface area contributed by atoms with Gasteiger partial charge >= 0.3 is 0 Å². The molecule has 0 radical (unpaired) electrons. The van der Waals surface area contributed by atoms with Gasteiger partial charge in [0.15, 0.2) is 0 Å².